The molecule has 4 aromatic rings. The van der Waals surface area contributed by atoms with Crippen molar-refractivity contribution in [1.82, 2.24) is 14.5 Å². The van der Waals surface area contributed by atoms with Gasteiger partial charge in [-0.3, -0.25) is 4.79 Å². The Hall–Kier alpha value is -3.67. The van der Waals surface area contributed by atoms with Crippen LogP contribution in [0.25, 0.3) is 27.8 Å². The molecule has 6 nitrogen and oxygen atoms in total. The molecule has 6 heteroatoms. The summed E-state index contributed by atoms with van der Waals surface area (Å²) in [5.74, 6) is -0.356. The molecule has 134 valence electrons. The van der Waals surface area contributed by atoms with E-state index < -0.39 is 0 Å². The molecular formula is C21H17N3O3. The molecule has 0 saturated carbocycles. The van der Waals surface area contributed by atoms with E-state index in [1.165, 1.54) is 6.33 Å². The third kappa shape index (κ3) is 3.01. The number of nitrogens with zero attached hydrogens (tertiary/aromatic N) is 2. The molecule has 4 rings (SSSR count). The van der Waals surface area contributed by atoms with Crippen LogP contribution in [-0.4, -0.2) is 27.1 Å². The average Bonchev–Trinajstić information content (AvgIpc) is 3.10. The van der Waals surface area contributed by atoms with Gasteiger partial charge >= 0.3 is 5.97 Å². The van der Waals surface area contributed by atoms with Crippen LogP contribution in [0.4, 0.5) is 0 Å². The lowest BCUT2D eigenvalue weighted by Gasteiger charge is -2.04. The van der Waals surface area contributed by atoms with Crippen molar-refractivity contribution >= 4 is 17.0 Å². The maximum Gasteiger partial charge on any atom is 0.338 e. The summed E-state index contributed by atoms with van der Waals surface area (Å²) in [6, 6.07) is 16.7. The average molecular weight is 359 g/mol. The third-order valence-corrected chi connectivity index (χ3v) is 4.32. The van der Waals surface area contributed by atoms with E-state index in [0.29, 0.717) is 23.2 Å². The highest BCUT2D eigenvalue weighted by Gasteiger charge is 2.16. The van der Waals surface area contributed by atoms with Gasteiger partial charge in [-0.25, -0.2) is 9.78 Å². The molecule has 0 radical (unpaired) electrons. The molecule has 0 aliphatic carbocycles. The van der Waals surface area contributed by atoms with Gasteiger partial charge in [0.1, 0.15) is 11.0 Å². The number of hydrogen-bond donors (Lipinski definition) is 1. The summed E-state index contributed by atoms with van der Waals surface area (Å²) in [4.78, 5) is 31.3. The molecular weight excluding hydrogens is 342 g/mol. The number of carbonyl (C=O) groups excluding carboxylic acids is 1. The zero-order valence-corrected chi connectivity index (χ0v) is 14.7. The van der Waals surface area contributed by atoms with Gasteiger partial charge in [0.25, 0.3) is 5.56 Å². The topological polar surface area (TPSA) is 77.0 Å². The van der Waals surface area contributed by atoms with Crippen molar-refractivity contribution < 1.29 is 9.53 Å². The van der Waals surface area contributed by atoms with Crippen LogP contribution >= 0.6 is 0 Å². The predicted octanol–water partition coefficient (Wildman–Crippen LogP) is 3.56. The van der Waals surface area contributed by atoms with Gasteiger partial charge in [0.15, 0.2) is 0 Å². The number of ether oxygens (including phenoxy) is 1. The molecule has 2 aromatic heterocycles. The van der Waals surface area contributed by atoms with Crippen molar-refractivity contribution in [3.05, 3.63) is 83.0 Å². The number of nitrogens with one attached hydrogen (secondary N) is 1. The Labute approximate surface area is 155 Å². The van der Waals surface area contributed by atoms with E-state index in [2.05, 4.69) is 9.97 Å². The van der Waals surface area contributed by atoms with Crippen LogP contribution in [0.2, 0.25) is 0 Å². The van der Waals surface area contributed by atoms with Crippen molar-refractivity contribution in [3.63, 3.8) is 0 Å². The molecule has 0 atom stereocenters. The Morgan fingerprint density at radius 2 is 1.85 bits per heavy atom. The number of aromatic nitrogens is 3. The molecule has 0 aliphatic heterocycles. The van der Waals surface area contributed by atoms with Gasteiger partial charge in [-0.1, -0.05) is 30.3 Å². The van der Waals surface area contributed by atoms with Gasteiger partial charge in [-0.15, -0.1) is 0 Å². The maximum atomic E-state index is 12.5. The van der Waals surface area contributed by atoms with E-state index in [1.54, 1.807) is 19.1 Å². The van der Waals surface area contributed by atoms with Crippen LogP contribution in [0.3, 0.4) is 0 Å². The molecule has 2 aromatic carbocycles. The lowest BCUT2D eigenvalue weighted by molar-refractivity contribution is 0.0526. The monoisotopic (exact) mass is 359 g/mol. The molecule has 1 N–H and O–H groups in total. The molecule has 0 amide bonds. The van der Waals surface area contributed by atoms with E-state index in [9.17, 15) is 9.59 Å². The number of hydrogen-bond acceptors (Lipinski definition) is 4. The highest BCUT2D eigenvalue weighted by atomic mass is 16.5. The van der Waals surface area contributed by atoms with Gasteiger partial charge in [0.2, 0.25) is 0 Å². The van der Waals surface area contributed by atoms with Crippen LogP contribution in [0, 0.1) is 0 Å². The molecule has 0 aliphatic rings. The molecule has 0 unspecified atom stereocenters. The Morgan fingerprint density at radius 3 is 2.56 bits per heavy atom. The van der Waals surface area contributed by atoms with E-state index in [4.69, 9.17) is 4.74 Å². The molecule has 0 bridgehead atoms. The molecule has 2 heterocycles. The number of benzene rings is 2. The largest absolute Gasteiger partial charge is 0.462 e. The van der Waals surface area contributed by atoms with Crippen LogP contribution in [0.1, 0.15) is 17.3 Å². The van der Waals surface area contributed by atoms with Crippen molar-refractivity contribution in [2.75, 3.05) is 6.61 Å². The normalized spacial score (nSPS) is 10.9. The lowest BCUT2D eigenvalue weighted by atomic mass is 10.1. The van der Waals surface area contributed by atoms with Gasteiger partial charge in [0, 0.05) is 17.4 Å². The first-order chi connectivity index (χ1) is 13.2. The fourth-order valence-corrected chi connectivity index (χ4v) is 3.07. The van der Waals surface area contributed by atoms with Gasteiger partial charge in [-0.05, 0) is 36.8 Å². The fourth-order valence-electron chi connectivity index (χ4n) is 3.07. The molecule has 27 heavy (non-hydrogen) atoms. The first-order valence-electron chi connectivity index (χ1n) is 8.60. The highest BCUT2D eigenvalue weighted by Crippen LogP contribution is 2.29. The predicted molar refractivity (Wildman–Crippen MR) is 103 cm³/mol. The van der Waals surface area contributed by atoms with Crippen molar-refractivity contribution in [2.45, 2.75) is 6.92 Å². The minimum Gasteiger partial charge on any atom is -0.462 e. The number of H-pyrrole nitrogens is 1. The number of para-hydroxylation sites is 1. The quantitative estimate of drug-likeness (QED) is 0.565. The Morgan fingerprint density at radius 1 is 1.11 bits per heavy atom. The van der Waals surface area contributed by atoms with Crippen LogP contribution in [0.15, 0.2) is 71.9 Å². The maximum absolute atomic E-state index is 12.5. The number of esters is 1. The summed E-state index contributed by atoms with van der Waals surface area (Å²) >= 11 is 0. The van der Waals surface area contributed by atoms with Crippen molar-refractivity contribution in [1.29, 1.82) is 0 Å². The molecule has 0 saturated heterocycles. The summed E-state index contributed by atoms with van der Waals surface area (Å²) < 4.78 is 6.85. The summed E-state index contributed by atoms with van der Waals surface area (Å²) in [7, 11) is 0. The Bertz CT molecular complexity index is 1160. The van der Waals surface area contributed by atoms with Crippen molar-refractivity contribution in [3.8, 4) is 16.8 Å². The van der Waals surface area contributed by atoms with Gasteiger partial charge in [0.05, 0.1) is 18.5 Å². The summed E-state index contributed by atoms with van der Waals surface area (Å²) in [5.41, 5.74) is 3.91. The summed E-state index contributed by atoms with van der Waals surface area (Å²) in [5, 5.41) is 0. The third-order valence-electron chi connectivity index (χ3n) is 4.32. The van der Waals surface area contributed by atoms with Gasteiger partial charge in [-0.2, -0.15) is 0 Å². The van der Waals surface area contributed by atoms with Crippen LogP contribution < -0.4 is 5.56 Å². The number of fused-ring (bicyclic) bond motifs is 1. The first kappa shape index (κ1) is 16.8. The van der Waals surface area contributed by atoms with E-state index in [0.717, 1.165) is 16.8 Å². The van der Waals surface area contributed by atoms with E-state index in [-0.39, 0.29) is 11.5 Å². The second-order valence-corrected chi connectivity index (χ2v) is 5.98. The zero-order valence-electron chi connectivity index (χ0n) is 14.7. The number of carbonyl (C=O) groups is 1. The molecule has 0 spiro atoms. The minimum atomic E-state index is -0.356. The Balaban J connectivity index is 1.87. The smallest absolute Gasteiger partial charge is 0.338 e. The summed E-state index contributed by atoms with van der Waals surface area (Å²) in [6.45, 7) is 2.10. The van der Waals surface area contributed by atoms with Crippen LogP contribution in [0.5, 0.6) is 0 Å². The van der Waals surface area contributed by atoms with Gasteiger partial charge < -0.3 is 14.3 Å². The number of rotatable bonds is 4. The second-order valence-electron chi connectivity index (χ2n) is 5.98. The minimum absolute atomic E-state index is 0.210. The summed E-state index contributed by atoms with van der Waals surface area (Å²) in [6.07, 6.45) is 3.29. The van der Waals surface area contributed by atoms with E-state index in [1.807, 2.05) is 53.2 Å². The second kappa shape index (κ2) is 6.92. The fraction of sp³-hybridized carbons (Fsp3) is 0.0952. The Kier molecular flexibility index (Phi) is 4.30. The molecule has 0 fully saturated rings. The SMILES string of the molecule is CCOC(=O)c1ccc(-c2cn(-c3ccccc3)c3c(=O)[nH]cnc23)cc1. The van der Waals surface area contributed by atoms with Crippen LogP contribution in [-0.2, 0) is 4.74 Å². The van der Waals surface area contributed by atoms with Crippen molar-refractivity contribution in [2.24, 2.45) is 0 Å². The first-order valence-corrected chi connectivity index (χ1v) is 8.60. The number of aromatic amines is 1. The lowest BCUT2D eigenvalue weighted by Crippen LogP contribution is -2.09. The van der Waals surface area contributed by atoms with E-state index >= 15 is 0 Å². The highest BCUT2D eigenvalue weighted by molar-refractivity contribution is 5.95. The zero-order chi connectivity index (χ0) is 18.8. The standard InChI is InChI=1S/C21H17N3O3/c1-2-27-21(26)15-10-8-14(9-11-15)17-12-24(16-6-4-3-5-7-16)19-18(17)22-13-23-20(19)25/h3-13H,2H2,1H3,(H,22,23,25).